The predicted octanol–water partition coefficient (Wildman–Crippen LogP) is 4.93. The maximum Gasteiger partial charge on any atom is 0.238 e. The summed E-state index contributed by atoms with van der Waals surface area (Å²) in [5.41, 5.74) is 2.65. The number of anilines is 1. The topological polar surface area (TPSA) is 81.4 Å². The first-order chi connectivity index (χ1) is 13.3. The molecule has 3 aromatic rings. The van der Waals surface area contributed by atoms with Gasteiger partial charge in [-0.25, -0.2) is 13.6 Å². The molecule has 28 heavy (non-hydrogen) atoms. The molecule has 0 aliphatic carbocycles. The fourth-order valence-electron chi connectivity index (χ4n) is 2.86. The quantitative estimate of drug-likeness (QED) is 0.573. The van der Waals surface area contributed by atoms with Crippen LogP contribution in [-0.4, -0.2) is 15.5 Å². The molecule has 0 aliphatic rings. The summed E-state index contributed by atoms with van der Waals surface area (Å²) in [5, 5.41) is 9.06. The molecule has 0 spiro atoms. The number of para-hydroxylation sites is 1. The number of nitrogens with two attached hydrogens (primary N) is 1. The van der Waals surface area contributed by atoms with Crippen LogP contribution in [0.25, 0.3) is 11.1 Å². The number of hydrogen-bond donors (Lipinski definition) is 2. The normalized spacial score (nSPS) is 11.3. The Hall–Kier alpha value is -2.25. The summed E-state index contributed by atoms with van der Waals surface area (Å²) in [6.45, 7) is 0.525. The fraction of sp³-hybridized carbons (Fsp3) is 0.100. The van der Waals surface area contributed by atoms with Gasteiger partial charge in [0.2, 0.25) is 10.0 Å². The first-order valence-electron chi connectivity index (χ1n) is 8.27. The lowest BCUT2D eigenvalue weighted by Crippen LogP contribution is -2.14. The van der Waals surface area contributed by atoms with Crippen molar-refractivity contribution in [3.8, 4) is 16.9 Å². The van der Waals surface area contributed by atoms with Crippen LogP contribution in [0.4, 0.5) is 5.69 Å². The molecule has 0 radical (unpaired) electrons. The van der Waals surface area contributed by atoms with Gasteiger partial charge in [-0.3, -0.25) is 0 Å². The zero-order valence-corrected chi connectivity index (χ0v) is 17.3. The minimum Gasteiger partial charge on any atom is -0.496 e. The van der Waals surface area contributed by atoms with Gasteiger partial charge in [-0.1, -0.05) is 47.5 Å². The highest BCUT2D eigenvalue weighted by molar-refractivity contribution is 7.89. The molecular formula is C20H18Cl2N2O3S. The van der Waals surface area contributed by atoms with Crippen LogP contribution in [0.2, 0.25) is 10.0 Å². The molecule has 0 heterocycles. The molecule has 3 aromatic carbocycles. The Morgan fingerprint density at radius 1 is 1.04 bits per heavy atom. The summed E-state index contributed by atoms with van der Waals surface area (Å²) in [6, 6.07) is 18.0. The van der Waals surface area contributed by atoms with Crippen LogP contribution in [0.3, 0.4) is 0 Å². The van der Waals surface area contributed by atoms with Crippen molar-refractivity contribution in [2.24, 2.45) is 5.14 Å². The summed E-state index contributed by atoms with van der Waals surface area (Å²) >= 11 is 12.3. The number of halogens is 2. The Morgan fingerprint density at radius 3 is 2.39 bits per heavy atom. The second kappa shape index (κ2) is 8.41. The van der Waals surface area contributed by atoms with Gasteiger partial charge in [-0.05, 0) is 42.0 Å². The van der Waals surface area contributed by atoms with Gasteiger partial charge in [-0.2, -0.15) is 0 Å². The largest absolute Gasteiger partial charge is 0.496 e. The van der Waals surface area contributed by atoms with Crippen molar-refractivity contribution in [2.45, 2.75) is 11.4 Å². The zero-order valence-electron chi connectivity index (χ0n) is 14.9. The molecule has 0 aliphatic heterocycles. The number of primary sulfonamides is 1. The molecule has 146 valence electrons. The third-order valence-corrected chi connectivity index (χ3v) is 5.58. The Bertz CT molecular complexity index is 1100. The van der Waals surface area contributed by atoms with Gasteiger partial charge in [0, 0.05) is 28.4 Å². The molecule has 8 heteroatoms. The maximum absolute atomic E-state index is 12.1. The van der Waals surface area contributed by atoms with Crippen LogP contribution in [0.5, 0.6) is 5.75 Å². The minimum atomic E-state index is -4.06. The van der Waals surface area contributed by atoms with Crippen molar-refractivity contribution in [2.75, 3.05) is 12.4 Å². The highest BCUT2D eigenvalue weighted by Crippen LogP contribution is 2.41. The van der Waals surface area contributed by atoms with E-state index in [2.05, 4.69) is 5.32 Å². The van der Waals surface area contributed by atoms with Crippen molar-refractivity contribution in [1.82, 2.24) is 0 Å². The summed E-state index contributed by atoms with van der Waals surface area (Å²) in [7, 11) is -2.56. The second-order valence-corrected chi connectivity index (χ2v) is 8.43. The van der Waals surface area contributed by atoms with E-state index in [1.807, 2.05) is 42.5 Å². The van der Waals surface area contributed by atoms with Crippen LogP contribution in [0.15, 0.2) is 65.6 Å². The molecule has 0 saturated heterocycles. The van der Waals surface area contributed by atoms with Crippen LogP contribution < -0.4 is 15.2 Å². The van der Waals surface area contributed by atoms with Crippen molar-refractivity contribution in [3.63, 3.8) is 0 Å². The average Bonchev–Trinajstić information content (AvgIpc) is 2.66. The molecule has 5 nitrogen and oxygen atoms in total. The number of nitrogens with one attached hydrogen (secondary N) is 1. The first kappa shape index (κ1) is 20.5. The molecule has 0 unspecified atom stereocenters. The maximum atomic E-state index is 12.1. The monoisotopic (exact) mass is 436 g/mol. The van der Waals surface area contributed by atoms with Gasteiger partial charge in [0.25, 0.3) is 0 Å². The predicted molar refractivity (Wildman–Crippen MR) is 114 cm³/mol. The molecular weight excluding hydrogens is 419 g/mol. The third-order valence-electron chi connectivity index (χ3n) is 4.13. The van der Waals surface area contributed by atoms with E-state index in [9.17, 15) is 8.42 Å². The van der Waals surface area contributed by atoms with Gasteiger partial charge in [-0.15, -0.1) is 0 Å². The number of ether oxygens (including phenoxy) is 1. The van der Waals surface area contributed by atoms with E-state index < -0.39 is 10.0 Å². The van der Waals surface area contributed by atoms with E-state index in [1.54, 1.807) is 6.07 Å². The molecule has 0 aromatic heterocycles. The Balaban J connectivity index is 2.09. The van der Waals surface area contributed by atoms with Crippen LogP contribution in [0, 0.1) is 0 Å². The highest BCUT2D eigenvalue weighted by Gasteiger charge is 2.22. The molecule has 0 bridgehead atoms. The van der Waals surface area contributed by atoms with Gasteiger partial charge in [0.1, 0.15) is 5.75 Å². The Kier molecular flexibility index (Phi) is 6.15. The summed E-state index contributed by atoms with van der Waals surface area (Å²) in [6.07, 6.45) is 0. The minimum absolute atomic E-state index is 0.156. The van der Waals surface area contributed by atoms with E-state index in [1.165, 1.54) is 19.2 Å². The van der Waals surface area contributed by atoms with Crippen molar-refractivity contribution < 1.29 is 13.2 Å². The summed E-state index contributed by atoms with van der Waals surface area (Å²) < 4.78 is 29.7. The van der Waals surface area contributed by atoms with Gasteiger partial charge in [0.05, 0.1) is 17.0 Å². The van der Waals surface area contributed by atoms with E-state index in [0.717, 1.165) is 11.3 Å². The van der Waals surface area contributed by atoms with Gasteiger partial charge >= 0.3 is 0 Å². The van der Waals surface area contributed by atoms with Crippen LogP contribution in [0.1, 0.15) is 5.56 Å². The van der Waals surface area contributed by atoms with Crippen molar-refractivity contribution in [1.29, 1.82) is 0 Å². The lowest BCUT2D eigenvalue weighted by atomic mass is 10.0. The average molecular weight is 437 g/mol. The smallest absolute Gasteiger partial charge is 0.238 e. The summed E-state index contributed by atoms with van der Waals surface area (Å²) in [5.74, 6) is 0.470. The van der Waals surface area contributed by atoms with Crippen LogP contribution >= 0.6 is 23.2 Å². The molecule has 0 fully saturated rings. The number of hydrogen-bond acceptors (Lipinski definition) is 4. The van der Waals surface area contributed by atoms with Gasteiger partial charge < -0.3 is 10.1 Å². The number of sulfonamides is 1. The number of methoxy groups -OCH3 is 1. The van der Waals surface area contributed by atoms with Gasteiger partial charge in [0.15, 0.2) is 0 Å². The molecule has 3 rings (SSSR count). The fourth-order valence-corrected chi connectivity index (χ4v) is 4.37. The Morgan fingerprint density at radius 2 is 1.75 bits per heavy atom. The van der Waals surface area contributed by atoms with Crippen LogP contribution in [-0.2, 0) is 16.6 Å². The van der Waals surface area contributed by atoms with Crippen molar-refractivity contribution in [3.05, 3.63) is 76.3 Å². The van der Waals surface area contributed by atoms with E-state index in [-0.39, 0.29) is 20.5 Å². The second-order valence-electron chi connectivity index (χ2n) is 6.06. The van der Waals surface area contributed by atoms with E-state index in [4.69, 9.17) is 33.1 Å². The summed E-state index contributed by atoms with van der Waals surface area (Å²) in [4.78, 5) is -0.156. The van der Waals surface area contributed by atoms with E-state index >= 15 is 0 Å². The number of rotatable bonds is 6. The van der Waals surface area contributed by atoms with Crippen molar-refractivity contribution >= 4 is 38.9 Å². The molecule has 0 atom stereocenters. The molecule has 3 N–H and O–H groups in total. The lowest BCUT2D eigenvalue weighted by molar-refractivity contribution is 0.416. The first-order valence-corrected chi connectivity index (χ1v) is 10.6. The standard InChI is InChI=1S/C20H18Cl2N2O3S/c1-27-18-8-7-13(12-24-15-5-3-2-4-6-15)9-16(18)20-17(22)10-14(21)11-19(20)28(23,25)26/h2-11,24H,12H2,1H3,(H2,23,25,26). The SMILES string of the molecule is COc1ccc(CNc2ccccc2)cc1-c1c(Cl)cc(Cl)cc1S(N)(=O)=O. The Labute approximate surface area is 174 Å². The van der Waals surface area contributed by atoms with E-state index in [0.29, 0.717) is 17.9 Å². The molecule has 0 saturated carbocycles. The highest BCUT2D eigenvalue weighted by atomic mass is 35.5. The lowest BCUT2D eigenvalue weighted by Gasteiger charge is -2.16. The number of benzene rings is 3. The third kappa shape index (κ3) is 4.59. The molecule has 0 amide bonds. The zero-order chi connectivity index (χ0) is 20.3.